The summed E-state index contributed by atoms with van der Waals surface area (Å²) in [5.41, 5.74) is 3.14. The number of halogens is 1. The number of hydrogen-bond donors (Lipinski definition) is 0. The van der Waals surface area contributed by atoms with E-state index in [2.05, 4.69) is 25.1 Å². The second kappa shape index (κ2) is 5.35. The second-order valence-electron chi connectivity index (χ2n) is 5.46. The predicted octanol–water partition coefficient (Wildman–Crippen LogP) is 3.18. The molecule has 0 atom stereocenters. The molecule has 7 nitrogen and oxygen atoms in total. The monoisotopic (exact) mass is 347 g/mol. The fraction of sp³-hybridized carbons (Fsp3) is 0. The van der Waals surface area contributed by atoms with Gasteiger partial charge in [0.05, 0.1) is 17.3 Å². The maximum atomic E-state index is 5.96. The topological polar surface area (TPSA) is 73.8 Å². The zero-order valence-corrected chi connectivity index (χ0v) is 13.5. The van der Waals surface area contributed by atoms with E-state index in [9.17, 15) is 0 Å². The molecule has 0 aliphatic heterocycles. The van der Waals surface area contributed by atoms with E-state index < -0.39 is 0 Å². The number of hydrogen-bond acceptors (Lipinski definition) is 5. The van der Waals surface area contributed by atoms with Crippen molar-refractivity contribution < 1.29 is 0 Å². The van der Waals surface area contributed by atoms with Crippen LogP contribution in [-0.2, 0) is 0 Å². The van der Waals surface area contributed by atoms with E-state index >= 15 is 0 Å². The molecule has 0 saturated carbocycles. The zero-order chi connectivity index (χ0) is 16.8. The van der Waals surface area contributed by atoms with Crippen molar-refractivity contribution in [1.29, 1.82) is 0 Å². The summed E-state index contributed by atoms with van der Waals surface area (Å²) >= 11 is 5.96. The van der Waals surface area contributed by atoms with Gasteiger partial charge in [0, 0.05) is 23.0 Å². The third kappa shape index (κ3) is 2.25. The Morgan fingerprint density at radius 2 is 1.84 bits per heavy atom. The van der Waals surface area contributed by atoms with E-state index in [4.69, 9.17) is 11.6 Å². The molecule has 8 heteroatoms. The maximum absolute atomic E-state index is 5.96. The number of aromatic nitrogens is 7. The molecule has 0 radical (unpaired) electrons. The fourth-order valence-corrected chi connectivity index (χ4v) is 2.84. The molecular weight excluding hydrogens is 338 g/mol. The van der Waals surface area contributed by atoms with Crippen LogP contribution in [-0.4, -0.2) is 34.3 Å². The fourth-order valence-electron chi connectivity index (χ4n) is 2.71. The van der Waals surface area contributed by atoms with Crippen LogP contribution in [0.25, 0.3) is 33.8 Å². The van der Waals surface area contributed by atoms with Gasteiger partial charge in [0.25, 0.3) is 0 Å². The first kappa shape index (κ1) is 14.1. The molecule has 0 N–H and O–H groups in total. The van der Waals surface area contributed by atoms with Gasteiger partial charge in [-0.2, -0.15) is 5.10 Å². The summed E-state index contributed by atoms with van der Waals surface area (Å²) in [6.07, 6.45) is 6.83. The average Bonchev–Trinajstić information content (AvgIpc) is 3.27. The largest absolute Gasteiger partial charge is 0.264 e. The highest BCUT2D eigenvalue weighted by atomic mass is 35.5. The van der Waals surface area contributed by atoms with Gasteiger partial charge in [-0.3, -0.25) is 4.98 Å². The molecule has 0 fully saturated rings. The first-order valence-corrected chi connectivity index (χ1v) is 7.93. The minimum absolute atomic E-state index is 0.599. The molecule has 0 saturated heterocycles. The van der Waals surface area contributed by atoms with E-state index in [0.29, 0.717) is 22.1 Å². The standard InChI is InChI=1S/C17H10ClN7/c18-12-3-5-13(6-4-12)25-16-14(9-21-25)17-22-15(23-24(17)10-20-16)11-2-1-7-19-8-11/h1-10H. The molecule has 120 valence electrons. The molecule has 0 spiro atoms. The first-order valence-electron chi connectivity index (χ1n) is 7.55. The molecule has 4 aromatic heterocycles. The van der Waals surface area contributed by atoms with Gasteiger partial charge in [-0.05, 0) is 36.4 Å². The van der Waals surface area contributed by atoms with Crippen LogP contribution in [0.15, 0.2) is 61.3 Å². The zero-order valence-electron chi connectivity index (χ0n) is 12.8. The van der Waals surface area contributed by atoms with Crippen molar-refractivity contribution >= 4 is 28.3 Å². The highest BCUT2D eigenvalue weighted by Crippen LogP contribution is 2.22. The van der Waals surface area contributed by atoms with Crippen LogP contribution in [0.3, 0.4) is 0 Å². The Hall–Kier alpha value is -3.32. The highest BCUT2D eigenvalue weighted by molar-refractivity contribution is 6.30. The first-order chi connectivity index (χ1) is 12.3. The number of pyridine rings is 1. The Labute approximate surface area is 146 Å². The lowest BCUT2D eigenvalue weighted by Crippen LogP contribution is -1.98. The summed E-state index contributed by atoms with van der Waals surface area (Å²) in [5.74, 6) is 0.599. The van der Waals surface area contributed by atoms with Crippen molar-refractivity contribution in [2.24, 2.45) is 0 Å². The number of fused-ring (bicyclic) bond motifs is 3. The van der Waals surface area contributed by atoms with E-state index in [1.807, 2.05) is 36.4 Å². The van der Waals surface area contributed by atoms with Crippen molar-refractivity contribution in [3.63, 3.8) is 0 Å². The summed E-state index contributed by atoms with van der Waals surface area (Å²) in [4.78, 5) is 13.2. The van der Waals surface area contributed by atoms with Crippen molar-refractivity contribution in [3.8, 4) is 17.1 Å². The molecule has 0 unspecified atom stereocenters. The third-order valence-corrected chi connectivity index (χ3v) is 4.15. The molecule has 5 aromatic rings. The van der Waals surface area contributed by atoms with Gasteiger partial charge < -0.3 is 0 Å². The van der Waals surface area contributed by atoms with Crippen LogP contribution in [0, 0.1) is 0 Å². The van der Waals surface area contributed by atoms with Gasteiger partial charge in [0.15, 0.2) is 17.1 Å². The summed E-state index contributed by atoms with van der Waals surface area (Å²) in [6.45, 7) is 0. The molecule has 4 heterocycles. The Balaban J connectivity index is 1.71. The van der Waals surface area contributed by atoms with Crippen LogP contribution < -0.4 is 0 Å². The molecule has 0 bridgehead atoms. The number of benzene rings is 1. The van der Waals surface area contributed by atoms with E-state index in [1.165, 1.54) is 0 Å². The van der Waals surface area contributed by atoms with Gasteiger partial charge in [0.2, 0.25) is 0 Å². The van der Waals surface area contributed by atoms with Gasteiger partial charge >= 0.3 is 0 Å². The summed E-state index contributed by atoms with van der Waals surface area (Å²) < 4.78 is 3.41. The minimum Gasteiger partial charge on any atom is -0.264 e. The molecule has 1 aromatic carbocycles. The molecule has 0 aliphatic carbocycles. The van der Waals surface area contributed by atoms with Gasteiger partial charge in [-0.1, -0.05) is 11.6 Å². The van der Waals surface area contributed by atoms with Crippen LogP contribution in [0.1, 0.15) is 0 Å². The maximum Gasteiger partial charge on any atom is 0.183 e. The van der Waals surface area contributed by atoms with Crippen molar-refractivity contribution in [3.05, 3.63) is 66.3 Å². The SMILES string of the molecule is Clc1ccc(-n2ncc3c2ncn2nc(-c4cccnc4)nc32)cc1. The second-order valence-corrected chi connectivity index (χ2v) is 5.90. The minimum atomic E-state index is 0.599. The molecule has 0 aliphatic rings. The quantitative estimate of drug-likeness (QED) is 0.490. The van der Waals surface area contributed by atoms with Crippen LogP contribution >= 0.6 is 11.6 Å². The lowest BCUT2D eigenvalue weighted by atomic mass is 10.3. The number of nitrogens with zero attached hydrogens (tertiary/aromatic N) is 7. The Bertz CT molecular complexity index is 1190. The summed E-state index contributed by atoms with van der Waals surface area (Å²) in [6, 6.07) is 11.2. The van der Waals surface area contributed by atoms with E-state index in [0.717, 1.165) is 16.6 Å². The molecule has 0 amide bonds. The van der Waals surface area contributed by atoms with Crippen molar-refractivity contribution in [2.45, 2.75) is 0 Å². The Kier molecular flexibility index (Phi) is 3.01. The van der Waals surface area contributed by atoms with Gasteiger partial charge in [-0.15, -0.1) is 5.10 Å². The summed E-state index contributed by atoms with van der Waals surface area (Å²) in [5, 5.41) is 10.4. The van der Waals surface area contributed by atoms with Crippen LogP contribution in [0.4, 0.5) is 0 Å². The van der Waals surface area contributed by atoms with Crippen LogP contribution in [0.2, 0.25) is 5.02 Å². The molecule has 5 rings (SSSR count). The Morgan fingerprint density at radius 1 is 0.960 bits per heavy atom. The normalized spacial score (nSPS) is 11.4. The predicted molar refractivity (Wildman–Crippen MR) is 93.7 cm³/mol. The lowest BCUT2D eigenvalue weighted by molar-refractivity contribution is 0.882. The smallest absolute Gasteiger partial charge is 0.183 e. The Morgan fingerprint density at radius 3 is 2.64 bits per heavy atom. The average molecular weight is 348 g/mol. The van der Waals surface area contributed by atoms with Gasteiger partial charge in [0.1, 0.15) is 6.33 Å². The molecular formula is C17H10ClN7. The highest BCUT2D eigenvalue weighted by Gasteiger charge is 2.14. The molecule has 25 heavy (non-hydrogen) atoms. The number of rotatable bonds is 2. The van der Waals surface area contributed by atoms with E-state index in [-0.39, 0.29) is 0 Å². The lowest BCUT2D eigenvalue weighted by Gasteiger charge is -2.02. The third-order valence-electron chi connectivity index (χ3n) is 3.90. The van der Waals surface area contributed by atoms with E-state index in [1.54, 1.807) is 34.1 Å². The van der Waals surface area contributed by atoms with Crippen LogP contribution in [0.5, 0.6) is 0 Å². The van der Waals surface area contributed by atoms with Gasteiger partial charge in [-0.25, -0.2) is 19.2 Å². The summed E-state index contributed by atoms with van der Waals surface area (Å²) in [7, 11) is 0. The van der Waals surface area contributed by atoms with Crippen molar-refractivity contribution in [1.82, 2.24) is 34.3 Å². The van der Waals surface area contributed by atoms with Crippen molar-refractivity contribution in [2.75, 3.05) is 0 Å².